The molecule has 0 aromatic heterocycles. The van der Waals surface area contributed by atoms with E-state index in [4.69, 9.17) is 10.1 Å². The molecule has 0 N–H and O–H groups in total. The molecular formula is C24H24N2O2. The normalized spacial score (nSPS) is 8.61. The van der Waals surface area contributed by atoms with Crippen LogP contribution in [0.25, 0.3) is 0 Å². The number of aliphatic imine (C=N–C) groups is 1. The lowest BCUT2D eigenvalue weighted by atomic mass is 9.99. The molecule has 0 amide bonds. The van der Waals surface area contributed by atoms with E-state index in [0.717, 1.165) is 12.8 Å². The maximum atomic E-state index is 8.88. The predicted octanol–water partition coefficient (Wildman–Crippen LogP) is 4.93. The molecule has 0 aliphatic carbocycles. The fraction of sp³-hybridized carbons (Fsp3) is 0.167. The lowest BCUT2D eigenvalue weighted by Crippen LogP contribution is -1.92. The van der Waals surface area contributed by atoms with E-state index < -0.39 is 0 Å². The Morgan fingerprint density at radius 1 is 0.786 bits per heavy atom. The number of ether oxygens (including phenoxy) is 1. The highest BCUT2D eigenvalue weighted by Gasteiger charge is 1.99. The van der Waals surface area contributed by atoms with Gasteiger partial charge in [-0.25, -0.2) is 9.79 Å². The molecule has 0 aliphatic heterocycles. The first kappa shape index (κ1) is 22.4. The Bertz CT molecular complexity index is 824. The minimum Gasteiger partial charge on any atom is -0.431 e. The molecule has 3 aromatic carbocycles. The molecule has 3 rings (SSSR count). The number of isocyanates is 1. The maximum Gasteiger partial charge on any atom is 0.286 e. The van der Waals surface area contributed by atoms with Crippen molar-refractivity contribution in [3.8, 4) is 6.26 Å². The van der Waals surface area contributed by atoms with Crippen molar-refractivity contribution in [3.63, 3.8) is 0 Å². The molecule has 28 heavy (non-hydrogen) atoms. The van der Waals surface area contributed by atoms with Crippen molar-refractivity contribution in [2.45, 2.75) is 12.8 Å². The zero-order valence-electron chi connectivity index (χ0n) is 16.2. The molecule has 0 saturated heterocycles. The van der Waals surface area contributed by atoms with E-state index in [1.807, 2.05) is 0 Å². The molecule has 0 radical (unpaired) electrons. The molecule has 0 atom stereocenters. The largest absolute Gasteiger partial charge is 0.431 e. The van der Waals surface area contributed by atoms with Crippen LogP contribution in [0.5, 0.6) is 0 Å². The summed E-state index contributed by atoms with van der Waals surface area (Å²) in [5, 5.41) is 7.40. The topological polar surface area (TPSA) is 62.4 Å². The van der Waals surface area contributed by atoms with E-state index in [-0.39, 0.29) is 0 Å². The Labute approximate surface area is 166 Å². The van der Waals surface area contributed by atoms with Crippen LogP contribution >= 0.6 is 0 Å². The van der Waals surface area contributed by atoms with Crippen molar-refractivity contribution in [3.05, 3.63) is 107 Å². The third kappa shape index (κ3) is 9.72. The van der Waals surface area contributed by atoms with Gasteiger partial charge in [-0.15, -0.1) is 0 Å². The molecule has 142 valence electrons. The third-order valence-corrected chi connectivity index (χ3v) is 3.68. The zero-order chi connectivity index (χ0) is 20.5. The number of nitrogens with zero attached hydrogens (tertiary/aromatic N) is 2. The molecule has 4 heteroatoms. The molecule has 0 fully saturated rings. The molecule has 0 aliphatic rings. The Kier molecular flexibility index (Phi) is 11.6. The van der Waals surface area contributed by atoms with E-state index in [1.165, 1.54) is 48.7 Å². The van der Waals surface area contributed by atoms with Gasteiger partial charge in [-0.3, -0.25) is 0 Å². The van der Waals surface area contributed by atoms with Crippen molar-refractivity contribution < 1.29 is 9.53 Å². The summed E-state index contributed by atoms with van der Waals surface area (Å²) >= 11 is 0. The Morgan fingerprint density at radius 3 is 1.46 bits per heavy atom. The molecule has 4 nitrogen and oxygen atoms in total. The predicted molar refractivity (Wildman–Crippen MR) is 112 cm³/mol. The first-order valence-electron chi connectivity index (χ1n) is 8.77. The van der Waals surface area contributed by atoms with Gasteiger partial charge in [0.2, 0.25) is 6.08 Å². The van der Waals surface area contributed by atoms with Gasteiger partial charge >= 0.3 is 0 Å². The van der Waals surface area contributed by atoms with Crippen LogP contribution in [0.4, 0.5) is 0 Å². The molecule has 0 bridgehead atoms. The Hall–Kier alpha value is -3.67. The lowest BCUT2D eigenvalue weighted by Gasteiger charge is -2.06. The minimum atomic E-state index is 1.00. The van der Waals surface area contributed by atoms with Gasteiger partial charge in [0, 0.05) is 7.05 Å². The van der Waals surface area contributed by atoms with Crippen LogP contribution in [0.15, 0.2) is 89.9 Å². The van der Waals surface area contributed by atoms with Crippen LogP contribution in [0.2, 0.25) is 0 Å². The summed E-state index contributed by atoms with van der Waals surface area (Å²) in [6, 6.07) is 30.2. The summed E-state index contributed by atoms with van der Waals surface area (Å²) in [6.07, 6.45) is 4.74. The van der Waals surface area contributed by atoms with Gasteiger partial charge in [-0.1, -0.05) is 84.9 Å². The summed E-state index contributed by atoms with van der Waals surface area (Å²) in [6.45, 7) is 0. The summed E-state index contributed by atoms with van der Waals surface area (Å²) in [5.74, 6) is 0. The average Bonchev–Trinajstić information content (AvgIpc) is 2.76. The van der Waals surface area contributed by atoms with E-state index in [1.54, 1.807) is 0 Å². The van der Waals surface area contributed by atoms with Gasteiger partial charge in [-0.05, 0) is 35.1 Å². The van der Waals surface area contributed by atoms with Crippen LogP contribution in [0.3, 0.4) is 0 Å². The standard InChI is InChI=1S/C20H18.2C2H3NO/c1-3-8-17(9-4-1)14-19-12-7-13-20(16-19)15-18-10-5-2-6-11-18;1-4-2-3;1-3-2-4/h1-13,16H,14-15H2;2*1H3. The van der Waals surface area contributed by atoms with E-state index >= 15 is 0 Å². The quantitative estimate of drug-likeness (QED) is 0.370. The van der Waals surface area contributed by atoms with Gasteiger partial charge in [0.05, 0.1) is 7.11 Å². The number of hydrogen-bond acceptors (Lipinski definition) is 4. The van der Waals surface area contributed by atoms with Crippen molar-refractivity contribution in [2.75, 3.05) is 14.2 Å². The molecule has 0 saturated carbocycles. The van der Waals surface area contributed by atoms with E-state index in [9.17, 15) is 0 Å². The summed E-state index contributed by atoms with van der Waals surface area (Å²) in [7, 11) is 2.70. The molecular weight excluding hydrogens is 348 g/mol. The SMILES string of the molecule is CN=C=O.COC#N.c1ccc(Cc2cccc(Cc3ccccc3)c2)cc1. The highest BCUT2D eigenvalue weighted by Crippen LogP contribution is 2.14. The van der Waals surface area contributed by atoms with Crippen LogP contribution in [-0.2, 0) is 22.4 Å². The first-order chi connectivity index (χ1) is 13.7. The second kappa shape index (κ2) is 14.5. The number of nitriles is 1. The number of hydrogen-bond donors (Lipinski definition) is 0. The molecule has 3 aromatic rings. The zero-order valence-corrected chi connectivity index (χ0v) is 16.2. The average molecular weight is 372 g/mol. The fourth-order valence-electron chi connectivity index (χ4n) is 2.51. The summed E-state index contributed by atoms with van der Waals surface area (Å²) in [4.78, 5) is 11.8. The van der Waals surface area contributed by atoms with Gasteiger partial charge in [0.1, 0.15) is 0 Å². The second-order valence-electron chi connectivity index (χ2n) is 5.76. The smallest absolute Gasteiger partial charge is 0.286 e. The lowest BCUT2D eigenvalue weighted by molar-refractivity contribution is 0.362. The van der Waals surface area contributed by atoms with Crippen molar-refractivity contribution in [2.24, 2.45) is 4.99 Å². The maximum absolute atomic E-state index is 8.88. The monoisotopic (exact) mass is 372 g/mol. The highest BCUT2D eigenvalue weighted by atomic mass is 16.5. The molecule has 0 unspecified atom stereocenters. The third-order valence-electron chi connectivity index (χ3n) is 3.68. The van der Waals surface area contributed by atoms with Crippen molar-refractivity contribution >= 4 is 6.08 Å². The van der Waals surface area contributed by atoms with Crippen molar-refractivity contribution in [1.29, 1.82) is 5.26 Å². The van der Waals surface area contributed by atoms with E-state index in [2.05, 4.69) is 94.7 Å². The fourth-order valence-corrected chi connectivity index (χ4v) is 2.51. The Balaban J connectivity index is 0.000000420. The first-order valence-corrected chi connectivity index (χ1v) is 8.77. The van der Waals surface area contributed by atoms with Gasteiger partial charge < -0.3 is 4.74 Å². The highest BCUT2D eigenvalue weighted by molar-refractivity contribution is 5.33. The van der Waals surface area contributed by atoms with Crippen LogP contribution in [0, 0.1) is 11.5 Å². The summed E-state index contributed by atoms with van der Waals surface area (Å²) < 4.78 is 3.85. The van der Waals surface area contributed by atoms with Crippen LogP contribution in [-0.4, -0.2) is 20.2 Å². The van der Waals surface area contributed by atoms with Crippen LogP contribution in [0.1, 0.15) is 22.3 Å². The number of carbonyl (C=O) groups excluding carboxylic acids is 1. The molecule has 0 spiro atoms. The van der Waals surface area contributed by atoms with Crippen molar-refractivity contribution in [1.82, 2.24) is 0 Å². The van der Waals surface area contributed by atoms with Crippen LogP contribution < -0.4 is 0 Å². The van der Waals surface area contributed by atoms with Gasteiger partial charge in [0.25, 0.3) is 6.26 Å². The number of rotatable bonds is 4. The second-order valence-corrected chi connectivity index (χ2v) is 5.76. The molecule has 0 heterocycles. The van der Waals surface area contributed by atoms with Gasteiger partial charge in [-0.2, -0.15) is 5.26 Å². The van der Waals surface area contributed by atoms with Gasteiger partial charge in [0.15, 0.2) is 0 Å². The number of methoxy groups -OCH3 is 1. The van der Waals surface area contributed by atoms with E-state index in [0.29, 0.717) is 0 Å². The minimum absolute atomic E-state index is 1.00. The number of benzene rings is 3. The Morgan fingerprint density at radius 2 is 1.14 bits per heavy atom. The summed E-state index contributed by atoms with van der Waals surface area (Å²) in [5.41, 5.74) is 5.49.